The van der Waals surface area contributed by atoms with Crippen LogP contribution in [0.3, 0.4) is 0 Å². The van der Waals surface area contributed by atoms with Crippen molar-refractivity contribution < 1.29 is 14.7 Å². The number of aryl methyl sites for hydroxylation is 1. The number of aromatic nitrogens is 1. The molecule has 1 amide bonds. The lowest BCUT2D eigenvalue weighted by Crippen LogP contribution is -2.30. The van der Waals surface area contributed by atoms with E-state index in [-0.39, 0.29) is 12.1 Å². The third-order valence-corrected chi connectivity index (χ3v) is 5.26. The molecule has 1 aromatic heterocycles. The summed E-state index contributed by atoms with van der Waals surface area (Å²) in [5.41, 5.74) is 3.60. The first-order chi connectivity index (χ1) is 15.0. The van der Waals surface area contributed by atoms with Crippen molar-refractivity contribution in [1.29, 1.82) is 0 Å². The van der Waals surface area contributed by atoms with Crippen molar-refractivity contribution in [3.05, 3.63) is 119 Å². The number of hydrogen-bond acceptors (Lipinski definition) is 4. The van der Waals surface area contributed by atoms with Crippen LogP contribution in [0.1, 0.15) is 28.3 Å². The fourth-order valence-electron chi connectivity index (χ4n) is 3.68. The minimum atomic E-state index is -0.679. The number of aliphatic hydroxyl groups is 1. The molecule has 1 N–H and O–H groups in total. The number of pyridine rings is 1. The Morgan fingerprint density at radius 2 is 1.81 bits per heavy atom. The van der Waals surface area contributed by atoms with Crippen LogP contribution in [0, 0.1) is 6.92 Å². The molecular weight excluding hydrogens is 388 g/mol. The van der Waals surface area contributed by atoms with Gasteiger partial charge in [0.05, 0.1) is 11.6 Å². The molecule has 0 spiro atoms. The van der Waals surface area contributed by atoms with Gasteiger partial charge in [-0.1, -0.05) is 72.3 Å². The van der Waals surface area contributed by atoms with Gasteiger partial charge in [0.15, 0.2) is 11.5 Å². The minimum absolute atomic E-state index is 0.0879. The zero-order valence-electron chi connectivity index (χ0n) is 17.1. The number of carbonyl (C=O) groups excluding carboxylic acids is 2. The second-order valence-corrected chi connectivity index (χ2v) is 7.48. The van der Waals surface area contributed by atoms with E-state index in [4.69, 9.17) is 0 Å². The van der Waals surface area contributed by atoms with Crippen molar-refractivity contribution in [2.24, 2.45) is 0 Å². The van der Waals surface area contributed by atoms with Gasteiger partial charge in [-0.3, -0.25) is 14.6 Å². The first-order valence-corrected chi connectivity index (χ1v) is 10.0. The molecule has 0 unspecified atom stereocenters. The Balaban J connectivity index is 1.72. The number of hydrogen-bond donors (Lipinski definition) is 1. The van der Waals surface area contributed by atoms with Gasteiger partial charge < -0.3 is 10.0 Å². The largest absolute Gasteiger partial charge is 0.503 e. The highest BCUT2D eigenvalue weighted by molar-refractivity contribution is 6.14. The topological polar surface area (TPSA) is 70.5 Å². The molecule has 0 saturated heterocycles. The SMILES string of the molecule is Cc1ccc([C@@H]2C(C(=O)/C=C/c3ccccc3)=C(O)C(=O)N2Cc2cccnc2)cc1. The van der Waals surface area contributed by atoms with E-state index in [1.165, 1.54) is 11.0 Å². The smallest absolute Gasteiger partial charge is 0.290 e. The Hall–Kier alpha value is -3.99. The van der Waals surface area contributed by atoms with Gasteiger partial charge in [-0.2, -0.15) is 0 Å². The van der Waals surface area contributed by atoms with Crippen LogP contribution in [0.4, 0.5) is 0 Å². The van der Waals surface area contributed by atoms with E-state index in [0.717, 1.165) is 22.3 Å². The van der Waals surface area contributed by atoms with Crippen LogP contribution in [0.15, 0.2) is 96.5 Å². The lowest BCUT2D eigenvalue weighted by atomic mass is 9.94. The standard InChI is InChI=1S/C26H22N2O3/c1-18-9-12-21(13-10-18)24-23(22(29)14-11-19-6-3-2-4-7-19)25(30)26(31)28(24)17-20-8-5-15-27-16-20/h2-16,24,30H,17H2,1H3/b14-11+/t24-/m1/s1. The molecule has 5 heteroatoms. The molecule has 3 aromatic rings. The van der Waals surface area contributed by atoms with Gasteiger partial charge in [-0.25, -0.2) is 0 Å². The molecule has 154 valence electrons. The second kappa shape index (κ2) is 8.79. The minimum Gasteiger partial charge on any atom is -0.503 e. The van der Waals surface area contributed by atoms with Crippen molar-refractivity contribution in [1.82, 2.24) is 9.88 Å². The fraction of sp³-hybridized carbons (Fsp3) is 0.115. The summed E-state index contributed by atoms with van der Waals surface area (Å²) in [7, 11) is 0. The number of rotatable bonds is 6. The van der Waals surface area contributed by atoms with E-state index < -0.39 is 23.5 Å². The summed E-state index contributed by atoms with van der Waals surface area (Å²) in [5, 5.41) is 10.7. The molecular formula is C26H22N2O3. The molecule has 2 aromatic carbocycles. The monoisotopic (exact) mass is 410 g/mol. The molecule has 0 fully saturated rings. The zero-order chi connectivity index (χ0) is 21.8. The predicted molar refractivity (Wildman–Crippen MR) is 119 cm³/mol. The predicted octanol–water partition coefficient (Wildman–Crippen LogP) is 4.57. The summed E-state index contributed by atoms with van der Waals surface area (Å²) >= 11 is 0. The summed E-state index contributed by atoms with van der Waals surface area (Å²) in [4.78, 5) is 31.7. The Labute approximate surface area is 181 Å². The van der Waals surface area contributed by atoms with Crippen LogP contribution < -0.4 is 0 Å². The van der Waals surface area contributed by atoms with Gasteiger partial charge in [0.25, 0.3) is 5.91 Å². The highest BCUT2D eigenvalue weighted by Crippen LogP contribution is 2.39. The average molecular weight is 410 g/mol. The van der Waals surface area contributed by atoms with Crippen LogP contribution in [0.25, 0.3) is 6.08 Å². The Morgan fingerprint density at radius 3 is 2.48 bits per heavy atom. The van der Waals surface area contributed by atoms with Crippen LogP contribution in [0.5, 0.6) is 0 Å². The normalized spacial score (nSPS) is 16.4. The van der Waals surface area contributed by atoms with E-state index in [1.807, 2.05) is 67.6 Å². The molecule has 0 saturated carbocycles. The van der Waals surface area contributed by atoms with Crippen molar-refractivity contribution in [3.8, 4) is 0 Å². The Morgan fingerprint density at radius 1 is 1.06 bits per heavy atom. The lowest BCUT2D eigenvalue weighted by molar-refractivity contribution is -0.130. The van der Waals surface area contributed by atoms with Crippen LogP contribution >= 0.6 is 0 Å². The third kappa shape index (κ3) is 4.31. The summed E-state index contributed by atoms with van der Waals surface area (Å²) in [6, 6.07) is 20.0. The van der Waals surface area contributed by atoms with E-state index in [9.17, 15) is 14.7 Å². The molecule has 0 radical (unpaired) electrons. The average Bonchev–Trinajstić information content (AvgIpc) is 3.04. The maximum atomic E-state index is 13.1. The number of nitrogens with zero attached hydrogens (tertiary/aromatic N) is 2. The van der Waals surface area contributed by atoms with Crippen molar-refractivity contribution >= 4 is 17.8 Å². The summed E-state index contributed by atoms with van der Waals surface area (Å²) in [6.07, 6.45) is 6.42. The van der Waals surface area contributed by atoms with Gasteiger partial charge in [-0.05, 0) is 35.8 Å². The Bertz CT molecular complexity index is 1150. The highest BCUT2D eigenvalue weighted by Gasteiger charge is 2.42. The first-order valence-electron chi connectivity index (χ1n) is 10.0. The number of aliphatic hydroxyl groups excluding tert-OH is 1. The third-order valence-electron chi connectivity index (χ3n) is 5.26. The quantitative estimate of drug-likeness (QED) is 0.605. The van der Waals surface area contributed by atoms with Crippen LogP contribution in [-0.2, 0) is 16.1 Å². The van der Waals surface area contributed by atoms with Crippen LogP contribution in [-0.4, -0.2) is 26.7 Å². The molecule has 5 nitrogen and oxygen atoms in total. The van der Waals surface area contributed by atoms with Gasteiger partial charge in [0.1, 0.15) is 0 Å². The first kappa shape index (κ1) is 20.3. The molecule has 1 aliphatic heterocycles. The van der Waals surface area contributed by atoms with E-state index in [2.05, 4.69) is 4.98 Å². The summed E-state index contributed by atoms with van der Waals surface area (Å²) < 4.78 is 0. The lowest BCUT2D eigenvalue weighted by Gasteiger charge is -2.26. The zero-order valence-corrected chi connectivity index (χ0v) is 17.1. The molecule has 1 aliphatic rings. The molecule has 31 heavy (non-hydrogen) atoms. The second-order valence-electron chi connectivity index (χ2n) is 7.48. The summed E-state index contributed by atoms with van der Waals surface area (Å²) in [6.45, 7) is 2.20. The molecule has 4 rings (SSSR count). The van der Waals surface area contributed by atoms with Crippen LogP contribution in [0.2, 0.25) is 0 Å². The Kier molecular flexibility index (Phi) is 5.76. The fourth-order valence-corrected chi connectivity index (χ4v) is 3.68. The van der Waals surface area contributed by atoms with Gasteiger partial charge in [0.2, 0.25) is 0 Å². The maximum Gasteiger partial charge on any atom is 0.290 e. The van der Waals surface area contributed by atoms with Crippen molar-refractivity contribution in [2.45, 2.75) is 19.5 Å². The van der Waals surface area contributed by atoms with E-state index in [0.29, 0.717) is 0 Å². The number of allylic oxidation sites excluding steroid dienone is 1. The van der Waals surface area contributed by atoms with Gasteiger partial charge >= 0.3 is 0 Å². The maximum absolute atomic E-state index is 13.1. The van der Waals surface area contributed by atoms with E-state index in [1.54, 1.807) is 24.5 Å². The van der Waals surface area contributed by atoms with Crippen molar-refractivity contribution in [3.63, 3.8) is 0 Å². The number of ketones is 1. The van der Waals surface area contributed by atoms with Gasteiger partial charge in [-0.15, -0.1) is 0 Å². The molecule has 2 heterocycles. The molecule has 0 aliphatic carbocycles. The molecule has 1 atom stereocenters. The molecule has 0 bridgehead atoms. The van der Waals surface area contributed by atoms with Gasteiger partial charge in [0, 0.05) is 18.9 Å². The number of benzene rings is 2. The number of amides is 1. The number of carbonyl (C=O) groups is 2. The highest BCUT2D eigenvalue weighted by atomic mass is 16.3. The van der Waals surface area contributed by atoms with Crippen molar-refractivity contribution in [2.75, 3.05) is 0 Å². The van der Waals surface area contributed by atoms with E-state index >= 15 is 0 Å². The summed E-state index contributed by atoms with van der Waals surface area (Å²) in [5.74, 6) is -1.46.